The van der Waals surface area contributed by atoms with Crippen molar-refractivity contribution in [3.63, 3.8) is 0 Å². The third-order valence-corrected chi connectivity index (χ3v) is 4.41. The van der Waals surface area contributed by atoms with Crippen molar-refractivity contribution in [2.24, 2.45) is 0 Å². The smallest absolute Gasteiger partial charge is 0.233 e. The molecular formula is C16H18BrFN4O. The van der Waals surface area contributed by atoms with Crippen LogP contribution in [0.25, 0.3) is 0 Å². The predicted molar refractivity (Wildman–Crippen MR) is 90.2 cm³/mol. The van der Waals surface area contributed by atoms with E-state index >= 15 is 0 Å². The fraction of sp³-hybridized carbons (Fsp3) is 0.375. The predicted octanol–water partition coefficient (Wildman–Crippen LogP) is 2.71. The first kappa shape index (κ1) is 16.1. The zero-order valence-electron chi connectivity index (χ0n) is 12.9. The molecule has 0 atom stereocenters. The van der Waals surface area contributed by atoms with Crippen molar-refractivity contribution in [2.75, 3.05) is 38.2 Å². The lowest BCUT2D eigenvalue weighted by molar-refractivity contribution is 0.246. The molecule has 0 bridgehead atoms. The van der Waals surface area contributed by atoms with Gasteiger partial charge in [0.25, 0.3) is 0 Å². The van der Waals surface area contributed by atoms with Crippen molar-refractivity contribution in [1.29, 1.82) is 0 Å². The summed E-state index contributed by atoms with van der Waals surface area (Å²) in [5.41, 5.74) is 0.725. The molecule has 0 saturated carbocycles. The standard InChI is InChI=1S/C16H18BrFN4O/c1-23-16-10-19-9-15(20-16)22-6-4-21(5-7-22)11-12-2-3-13(17)8-14(12)18/h2-3,8-10H,4-7,11H2,1H3. The van der Waals surface area contributed by atoms with E-state index in [2.05, 4.69) is 35.7 Å². The molecule has 0 radical (unpaired) electrons. The van der Waals surface area contributed by atoms with E-state index in [0.29, 0.717) is 12.4 Å². The molecule has 1 saturated heterocycles. The Labute approximate surface area is 143 Å². The Kier molecular flexibility index (Phi) is 5.07. The van der Waals surface area contributed by atoms with Gasteiger partial charge >= 0.3 is 0 Å². The van der Waals surface area contributed by atoms with Gasteiger partial charge in [-0.25, -0.2) is 4.39 Å². The van der Waals surface area contributed by atoms with Crippen LogP contribution in [0.1, 0.15) is 5.56 Å². The number of halogens is 2. The van der Waals surface area contributed by atoms with Crippen molar-refractivity contribution in [2.45, 2.75) is 6.54 Å². The van der Waals surface area contributed by atoms with E-state index in [1.165, 1.54) is 6.07 Å². The van der Waals surface area contributed by atoms with Gasteiger partial charge in [0.15, 0.2) is 5.82 Å². The van der Waals surface area contributed by atoms with Gasteiger partial charge in [-0.3, -0.25) is 9.88 Å². The van der Waals surface area contributed by atoms with Crippen LogP contribution in [0.3, 0.4) is 0 Å². The summed E-state index contributed by atoms with van der Waals surface area (Å²) in [7, 11) is 1.58. The molecule has 1 aromatic heterocycles. The van der Waals surface area contributed by atoms with Gasteiger partial charge < -0.3 is 9.64 Å². The van der Waals surface area contributed by atoms with E-state index in [-0.39, 0.29) is 5.82 Å². The molecule has 122 valence electrons. The van der Waals surface area contributed by atoms with Crippen molar-refractivity contribution in [1.82, 2.24) is 14.9 Å². The number of ether oxygens (including phenoxy) is 1. The summed E-state index contributed by atoms with van der Waals surface area (Å²) < 4.78 is 19.8. The highest BCUT2D eigenvalue weighted by atomic mass is 79.9. The fourth-order valence-electron chi connectivity index (χ4n) is 2.61. The summed E-state index contributed by atoms with van der Waals surface area (Å²) in [4.78, 5) is 13.0. The third kappa shape index (κ3) is 3.97. The quantitative estimate of drug-likeness (QED) is 0.815. The van der Waals surface area contributed by atoms with Crippen LogP contribution in [0.5, 0.6) is 5.88 Å². The molecule has 1 aliphatic heterocycles. The summed E-state index contributed by atoms with van der Waals surface area (Å²) >= 11 is 3.28. The number of rotatable bonds is 4. The Morgan fingerprint density at radius 1 is 1.22 bits per heavy atom. The van der Waals surface area contributed by atoms with Gasteiger partial charge in [0.1, 0.15) is 5.82 Å². The van der Waals surface area contributed by atoms with Crippen LogP contribution < -0.4 is 9.64 Å². The van der Waals surface area contributed by atoms with Gasteiger partial charge in [-0.1, -0.05) is 22.0 Å². The van der Waals surface area contributed by atoms with E-state index in [0.717, 1.165) is 42.0 Å². The highest BCUT2D eigenvalue weighted by molar-refractivity contribution is 9.10. The Morgan fingerprint density at radius 3 is 2.70 bits per heavy atom. The second-order valence-electron chi connectivity index (χ2n) is 5.42. The second-order valence-corrected chi connectivity index (χ2v) is 6.33. The van der Waals surface area contributed by atoms with Gasteiger partial charge in [0.05, 0.1) is 19.5 Å². The van der Waals surface area contributed by atoms with Crippen molar-refractivity contribution in [3.8, 4) is 5.88 Å². The number of piperazine rings is 1. The van der Waals surface area contributed by atoms with E-state index in [1.807, 2.05) is 12.1 Å². The van der Waals surface area contributed by atoms with Gasteiger partial charge in [0.2, 0.25) is 5.88 Å². The monoisotopic (exact) mass is 380 g/mol. The number of hydrogen-bond donors (Lipinski definition) is 0. The van der Waals surface area contributed by atoms with Gasteiger partial charge in [-0.2, -0.15) is 4.98 Å². The molecule has 2 aromatic rings. The molecule has 1 aliphatic rings. The topological polar surface area (TPSA) is 41.5 Å². The molecule has 0 aliphatic carbocycles. The molecular weight excluding hydrogens is 363 g/mol. The molecule has 0 N–H and O–H groups in total. The SMILES string of the molecule is COc1cncc(N2CCN(Cc3ccc(Br)cc3F)CC2)n1. The second kappa shape index (κ2) is 7.23. The average Bonchev–Trinajstić information content (AvgIpc) is 2.58. The molecule has 3 rings (SSSR count). The van der Waals surface area contributed by atoms with Crippen molar-refractivity contribution in [3.05, 3.63) is 46.4 Å². The van der Waals surface area contributed by atoms with Crippen LogP contribution in [0.15, 0.2) is 35.1 Å². The molecule has 0 spiro atoms. The van der Waals surface area contributed by atoms with Gasteiger partial charge in [-0.15, -0.1) is 0 Å². The first-order valence-electron chi connectivity index (χ1n) is 7.43. The zero-order chi connectivity index (χ0) is 16.2. The minimum Gasteiger partial charge on any atom is -0.480 e. The number of benzene rings is 1. The number of methoxy groups -OCH3 is 1. The Morgan fingerprint density at radius 2 is 2.00 bits per heavy atom. The summed E-state index contributed by atoms with van der Waals surface area (Å²) in [6.45, 7) is 4.00. The summed E-state index contributed by atoms with van der Waals surface area (Å²) in [6, 6.07) is 5.22. The van der Waals surface area contributed by atoms with E-state index in [9.17, 15) is 4.39 Å². The highest BCUT2D eigenvalue weighted by Gasteiger charge is 2.19. The van der Waals surface area contributed by atoms with Crippen LogP contribution in [-0.2, 0) is 6.54 Å². The minimum absolute atomic E-state index is 0.166. The molecule has 1 aromatic carbocycles. The summed E-state index contributed by atoms with van der Waals surface area (Å²) in [6.07, 6.45) is 3.34. The maximum Gasteiger partial charge on any atom is 0.233 e. The van der Waals surface area contributed by atoms with Crippen LogP contribution in [0.2, 0.25) is 0 Å². The summed E-state index contributed by atoms with van der Waals surface area (Å²) in [5.74, 6) is 1.17. The Hall–Kier alpha value is -1.73. The lowest BCUT2D eigenvalue weighted by Gasteiger charge is -2.35. The number of aromatic nitrogens is 2. The lowest BCUT2D eigenvalue weighted by atomic mass is 10.2. The molecule has 1 fully saturated rings. The highest BCUT2D eigenvalue weighted by Crippen LogP contribution is 2.19. The fourth-order valence-corrected chi connectivity index (χ4v) is 2.95. The largest absolute Gasteiger partial charge is 0.480 e. The number of anilines is 1. The molecule has 5 nitrogen and oxygen atoms in total. The van der Waals surface area contributed by atoms with Crippen molar-refractivity contribution >= 4 is 21.7 Å². The van der Waals surface area contributed by atoms with E-state index in [1.54, 1.807) is 19.5 Å². The molecule has 7 heteroatoms. The molecule has 2 heterocycles. The molecule has 0 amide bonds. The van der Waals surface area contributed by atoms with Crippen LogP contribution in [0, 0.1) is 5.82 Å². The van der Waals surface area contributed by atoms with E-state index < -0.39 is 0 Å². The molecule has 0 unspecified atom stereocenters. The van der Waals surface area contributed by atoms with Gasteiger partial charge in [-0.05, 0) is 12.1 Å². The van der Waals surface area contributed by atoms with Crippen LogP contribution in [0.4, 0.5) is 10.2 Å². The van der Waals surface area contributed by atoms with E-state index in [4.69, 9.17) is 4.74 Å². The zero-order valence-corrected chi connectivity index (χ0v) is 14.5. The third-order valence-electron chi connectivity index (χ3n) is 3.91. The normalized spacial score (nSPS) is 15.7. The van der Waals surface area contributed by atoms with Crippen LogP contribution in [-0.4, -0.2) is 48.2 Å². The Balaban J connectivity index is 1.59. The molecule has 23 heavy (non-hydrogen) atoms. The summed E-state index contributed by atoms with van der Waals surface area (Å²) in [5, 5.41) is 0. The first-order valence-corrected chi connectivity index (χ1v) is 8.22. The Bertz CT molecular complexity index is 677. The minimum atomic E-state index is -0.166. The lowest BCUT2D eigenvalue weighted by Crippen LogP contribution is -2.46. The van der Waals surface area contributed by atoms with Crippen LogP contribution >= 0.6 is 15.9 Å². The van der Waals surface area contributed by atoms with Gasteiger partial charge in [0, 0.05) is 42.8 Å². The first-order chi connectivity index (χ1) is 11.2. The van der Waals surface area contributed by atoms with Crippen molar-refractivity contribution < 1.29 is 9.13 Å². The average molecular weight is 381 g/mol. The number of nitrogens with zero attached hydrogens (tertiary/aromatic N) is 4. The maximum absolute atomic E-state index is 13.9. The number of hydrogen-bond acceptors (Lipinski definition) is 5. The maximum atomic E-state index is 13.9.